The topological polar surface area (TPSA) is 9.23 Å². The van der Waals surface area contributed by atoms with Gasteiger partial charge < -0.3 is 4.74 Å². The molecule has 3 atom stereocenters. The largest absolute Gasteiger partial charge is 0.486 e. The van der Waals surface area contributed by atoms with Crippen molar-refractivity contribution in [3.05, 3.63) is 29.3 Å². The molecule has 1 aliphatic carbocycles. The summed E-state index contributed by atoms with van der Waals surface area (Å²) in [5.74, 6) is 1.92. The molecule has 0 N–H and O–H groups in total. The summed E-state index contributed by atoms with van der Waals surface area (Å²) in [5, 5.41) is 0. The number of ether oxygens (including phenoxy) is 1. The fourth-order valence-electron chi connectivity index (χ4n) is 3.87. The molecule has 1 aromatic carbocycles. The van der Waals surface area contributed by atoms with E-state index in [0.29, 0.717) is 0 Å². The van der Waals surface area contributed by atoms with E-state index in [1.54, 1.807) is 0 Å². The molecule has 0 saturated heterocycles. The molecule has 0 radical (unpaired) electrons. The summed E-state index contributed by atoms with van der Waals surface area (Å²) in [6.45, 7) is 9.15. The first-order chi connectivity index (χ1) is 7.46. The van der Waals surface area contributed by atoms with Crippen molar-refractivity contribution in [3.8, 4) is 5.75 Å². The van der Waals surface area contributed by atoms with Gasteiger partial charge in [-0.15, -0.1) is 0 Å². The molecule has 0 bridgehead atoms. The van der Waals surface area contributed by atoms with Crippen LogP contribution >= 0.6 is 0 Å². The SMILES string of the molecule is Cc1cccc2c1OC1(C)C[C@H](C)CC21C. The Morgan fingerprint density at radius 3 is 2.75 bits per heavy atom. The van der Waals surface area contributed by atoms with Crippen molar-refractivity contribution in [1.82, 2.24) is 0 Å². The van der Waals surface area contributed by atoms with E-state index in [0.717, 1.165) is 11.7 Å². The van der Waals surface area contributed by atoms with Crippen LogP contribution in [-0.4, -0.2) is 5.60 Å². The first-order valence-electron chi connectivity index (χ1n) is 6.25. The Morgan fingerprint density at radius 1 is 1.25 bits per heavy atom. The third-order valence-electron chi connectivity index (χ3n) is 4.80. The smallest absolute Gasteiger partial charge is 0.126 e. The van der Waals surface area contributed by atoms with Crippen LogP contribution in [0, 0.1) is 12.8 Å². The quantitative estimate of drug-likeness (QED) is 0.640. The first kappa shape index (κ1) is 10.2. The van der Waals surface area contributed by atoms with Crippen LogP contribution in [0.15, 0.2) is 18.2 Å². The standard InChI is InChI=1S/C15H20O/c1-10-8-14(3)12-7-5-6-11(2)13(12)16-15(14,4)9-10/h5-7,10H,8-9H2,1-4H3/t10-,14?,15?/m1/s1. The minimum absolute atomic E-state index is 0.0147. The van der Waals surface area contributed by atoms with Crippen LogP contribution in [0.4, 0.5) is 0 Å². The number of fused-ring (bicyclic) bond motifs is 3. The fraction of sp³-hybridized carbons (Fsp3) is 0.600. The summed E-state index contributed by atoms with van der Waals surface area (Å²) in [5.41, 5.74) is 2.94. The van der Waals surface area contributed by atoms with E-state index >= 15 is 0 Å². The molecular formula is C15H20O. The van der Waals surface area contributed by atoms with Gasteiger partial charge in [0.2, 0.25) is 0 Å². The van der Waals surface area contributed by atoms with Gasteiger partial charge in [-0.25, -0.2) is 0 Å². The molecule has 1 heteroatoms. The van der Waals surface area contributed by atoms with Crippen molar-refractivity contribution in [2.75, 3.05) is 0 Å². The van der Waals surface area contributed by atoms with Gasteiger partial charge in [0.1, 0.15) is 11.4 Å². The maximum atomic E-state index is 6.32. The van der Waals surface area contributed by atoms with Crippen molar-refractivity contribution in [2.24, 2.45) is 5.92 Å². The van der Waals surface area contributed by atoms with Crippen LogP contribution in [0.2, 0.25) is 0 Å². The highest BCUT2D eigenvalue weighted by atomic mass is 16.5. The van der Waals surface area contributed by atoms with Gasteiger partial charge in [-0.05, 0) is 38.2 Å². The third kappa shape index (κ3) is 1.02. The molecule has 86 valence electrons. The van der Waals surface area contributed by atoms with Gasteiger partial charge in [-0.2, -0.15) is 0 Å². The number of hydrogen-bond acceptors (Lipinski definition) is 1. The molecule has 1 heterocycles. The molecule has 1 nitrogen and oxygen atoms in total. The average Bonchev–Trinajstić information content (AvgIpc) is 2.52. The molecule has 1 saturated carbocycles. The summed E-state index contributed by atoms with van der Waals surface area (Å²) in [6, 6.07) is 6.57. The minimum Gasteiger partial charge on any atom is -0.486 e. The van der Waals surface area contributed by atoms with E-state index in [4.69, 9.17) is 4.74 Å². The lowest BCUT2D eigenvalue weighted by Crippen LogP contribution is -2.42. The maximum Gasteiger partial charge on any atom is 0.126 e. The number of aryl methyl sites for hydroxylation is 1. The zero-order chi connectivity index (χ0) is 11.6. The summed E-state index contributed by atoms with van der Waals surface area (Å²) in [6.07, 6.45) is 2.43. The van der Waals surface area contributed by atoms with Gasteiger partial charge in [0.05, 0.1) is 0 Å². The molecule has 0 aromatic heterocycles. The van der Waals surface area contributed by atoms with Gasteiger partial charge in [0.15, 0.2) is 0 Å². The van der Waals surface area contributed by atoms with Gasteiger partial charge in [-0.1, -0.05) is 32.0 Å². The van der Waals surface area contributed by atoms with Gasteiger partial charge in [0.25, 0.3) is 0 Å². The number of hydrogen-bond donors (Lipinski definition) is 0. The molecule has 2 aliphatic rings. The highest BCUT2D eigenvalue weighted by Gasteiger charge is 2.59. The third-order valence-corrected chi connectivity index (χ3v) is 4.80. The van der Waals surface area contributed by atoms with Crippen molar-refractivity contribution in [3.63, 3.8) is 0 Å². The molecule has 16 heavy (non-hydrogen) atoms. The Kier molecular flexibility index (Phi) is 1.80. The van der Waals surface area contributed by atoms with E-state index in [1.165, 1.54) is 24.0 Å². The van der Waals surface area contributed by atoms with Crippen LogP contribution in [0.3, 0.4) is 0 Å². The maximum absolute atomic E-state index is 6.32. The molecule has 1 aliphatic heterocycles. The van der Waals surface area contributed by atoms with E-state index in [2.05, 4.69) is 45.9 Å². The Morgan fingerprint density at radius 2 is 2.00 bits per heavy atom. The first-order valence-corrected chi connectivity index (χ1v) is 6.25. The van der Waals surface area contributed by atoms with Gasteiger partial charge in [-0.3, -0.25) is 0 Å². The molecule has 2 unspecified atom stereocenters. The number of para-hydroxylation sites is 1. The Balaban J connectivity index is 2.21. The molecule has 1 aromatic rings. The van der Waals surface area contributed by atoms with Crippen molar-refractivity contribution >= 4 is 0 Å². The predicted molar refractivity (Wildman–Crippen MR) is 66.0 cm³/mol. The van der Waals surface area contributed by atoms with Gasteiger partial charge >= 0.3 is 0 Å². The second kappa shape index (κ2) is 2.82. The van der Waals surface area contributed by atoms with Crippen LogP contribution in [0.1, 0.15) is 44.7 Å². The summed E-state index contributed by atoms with van der Waals surface area (Å²) in [7, 11) is 0. The van der Waals surface area contributed by atoms with Gasteiger partial charge in [0, 0.05) is 11.0 Å². The molecule has 3 rings (SSSR count). The fourth-order valence-corrected chi connectivity index (χ4v) is 3.87. The van der Waals surface area contributed by atoms with Crippen LogP contribution in [0.25, 0.3) is 0 Å². The summed E-state index contributed by atoms with van der Waals surface area (Å²) in [4.78, 5) is 0. The zero-order valence-electron chi connectivity index (χ0n) is 10.6. The van der Waals surface area contributed by atoms with Crippen LogP contribution in [0.5, 0.6) is 5.75 Å². The lowest BCUT2D eigenvalue weighted by molar-refractivity contribution is 0.0654. The summed E-state index contributed by atoms with van der Waals surface area (Å²) < 4.78 is 6.32. The average molecular weight is 216 g/mol. The second-order valence-corrected chi connectivity index (χ2v) is 6.13. The van der Waals surface area contributed by atoms with Crippen molar-refractivity contribution in [1.29, 1.82) is 0 Å². The van der Waals surface area contributed by atoms with Crippen LogP contribution in [-0.2, 0) is 5.41 Å². The highest BCUT2D eigenvalue weighted by Crippen LogP contribution is 2.60. The van der Waals surface area contributed by atoms with Crippen molar-refractivity contribution in [2.45, 2.75) is 51.6 Å². The lowest BCUT2D eigenvalue weighted by atomic mass is 9.73. The minimum atomic E-state index is 0.0147. The normalized spacial score (nSPS) is 40.4. The summed E-state index contributed by atoms with van der Waals surface area (Å²) >= 11 is 0. The molecule has 0 amide bonds. The predicted octanol–water partition coefficient (Wildman–Crippen LogP) is 3.83. The number of benzene rings is 1. The van der Waals surface area contributed by atoms with E-state index in [-0.39, 0.29) is 11.0 Å². The number of rotatable bonds is 0. The Hall–Kier alpha value is -0.980. The van der Waals surface area contributed by atoms with Crippen molar-refractivity contribution < 1.29 is 4.74 Å². The van der Waals surface area contributed by atoms with E-state index in [9.17, 15) is 0 Å². The molecule has 0 spiro atoms. The molecule has 1 fully saturated rings. The Labute approximate surface area is 97.8 Å². The highest BCUT2D eigenvalue weighted by molar-refractivity contribution is 5.52. The second-order valence-electron chi connectivity index (χ2n) is 6.13. The monoisotopic (exact) mass is 216 g/mol. The lowest BCUT2D eigenvalue weighted by Gasteiger charge is -2.32. The van der Waals surface area contributed by atoms with E-state index in [1.807, 2.05) is 0 Å². The Bertz CT molecular complexity index is 451. The zero-order valence-corrected chi connectivity index (χ0v) is 10.6. The molecular weight excluding hydrogens is 196 g/mol. The van der Waals surface area contributed by atoms with Crippen LogP contribution < -0.4 is 4.74 Å². The van der Waals surface area contributed by atoms with E-state index < -0.39 is 0 Å².